The van der Waals surface area contributed by atoms with Gasteiger partial charge in [-0.2, -0.15) is 23.4 Å². The lowest BCUT2D eigenvalue weighted by molar-refractivity contribution is -0.192. The van der Waals surface area contributed by atoms with Gasteiger partial charge in [0.15, 0.2) is 0 Å². The van der Waals surface area contributed by atoms with Gasteiger partial charge in [0, 0.05) is 30.8 Å². The summed E-state index contributed by atoms with van der Waals surface area (Å²) in [5.41, 5.74) is 4.13. The van der Waals surface area contributed by atoms with Crippen molar-refractivity contribution in [3.8, 4) is 17.0 Å². The van der Waals surface area contributed by atoms with Crippen molar-refractivity contribution in [3.63, 3.8) is 0 Å². The van der Waals surface area contributed by atoms with Crippen molar-refractivity contribution in [1.29, 1.82) is 0 Å². The van der Waals surface area contributed by atoms with Crippen LogP contribution in [-0.4, -0.2) is 85.1 Å². The molecule has 2 N–H and O–H groups in total. The molecule has 0 radical (unpaired) electrons. The van der Waals surface area contributed by atoms with E-state index in [1.165, 1.54) is 12.8 Å². The summed E-state index contributed by atoms with van der Waals surface area (Å²) >= 11 is 0. The van der Waals surface area contributed by atoms with Gasteiger partial charge in [-0.25, -0.2) is 4.79 Å². The van der Waals surface area contributed by atoms with E-state index in [-0.39, 0.29) is 0 Å². The van der Waals surface area contributed by atoms with Crippen LogP contribution < -0.4 is 10.1 Å². The molecule has 1 aliphatic rings. The fourth-order valence-electron chi connectivity index (χ4n) is 3.85. The first-order valence-electron chi connectivity index (χ1n) is 11.3. The number of benzene rings is 1. The van der Waals surface area contributed by atoms with Crippen molar-refractivity contribution < 1.29 is 27.8 Å². The first kappa shape index (κ1) is 28.5. The quantitative estimate of drug-likeness (QED) is 0.574. The molecular formula is C24H34F3N5O3. The minimum absolute atomic E-state index is 0.785. The molecule has 194 valence electrons. The van der Waals surface area contributed by atoms with E-state index in [4.69, 9.17) is 14.6 Å². The number of aliphatic carboxylic acids is 1. The van der Waals surface area contributed by atoms with Crippen molar-refractivity contribution in [2.75, 3.05) is 47.9 Å². The molecule has 0 spiro atoms. The van der Waals surface area contributed by atoms with Crippen molar-refractivity contribution in [1.82, 2.24) is 25.3 Å². The molecule has 2 aromatic rings. The van der Waals surface area contributed by atoms with Gasteiger partial charge in [0.2, 0.25) is 0 Å². The molecule has 8 nitrogen and oxygen atoms in total. The Balaban J connectivity index is 0.000000540. The molecule has 1 saturated heterocycles. The number of alkyl halides is 3. The lowest BCUT2D eigenvalue weighted by atomic mass is 9.98. The predicted octanol–water partition coefficient (Wildman–Crippen LogP) is 3.28. The Bertz CT molecular complexity index is 933. The summed E-state index contributed by atoms with van der Waals surface area (Å²) in [4.78, 5) is 13.4. The summed E-state index contributed by atoms with van der Waals surface area (Å²) in [6.07, 6.45) is -2.55. The van der Waals surface area contributed by atoms with E-state index in [1.807, 2.05) is 12.1 Å². The average Bonchev–Trinajstić information content (AvgIpc) is 2.79. The third-order valence-electron chi connectivity index (χ3n) is 5.49. The highest BCUT2D eigenvalue weighted by atomic mass is 19.4. The van der Waals surface area contributed by atoms with Crippen LogP contribution >= 0.6 is 0 Å². The molecule has 0 atom stereocenters. The van der Waals surface area contributed by atoms with E-state index in [9.17, 15) is 13.2 Å². The van der Waals surface area contributed by atoms with Crippen LogP contribution in [0.1, 0.15) is 24.1 Å². The summed E-state index contributed by atoms with van der Waals surface area (Å²) in [7, 11) is 8.00. The third-order valence-corrected chi connectivity index (χ3v) is 5.49. The smallest absolute Gasteiger partial charge is 0.490 e. The van der Waals surface area contributed by atoms with E-state index >= 15 is 0 Å². The van der Waals surface area contributed by atoms with E-state index in [2.05, 4.69) is 64.7 Å². The summed E-state index contributed by atoms with van der Waals surface area (Å²) in [6, 6.07) is 10.4. The van der Waals surface area contributed by atoms with Crippen LogP contribution in [0.3, 0.4) is 0 Å². The van der Waals surface area contributed by atoms with Crippen molar-refractivity contribution in [2.24, 2.45) is 5.92 Å². The number of carboxylic acids is 1. The van der Waals surface area contributed by atoms with Crippen LogP contribution in [0.2, 0.25) is 0 Å². The lowest BCUT2D eigenvalue weighted by Gasteiger charge is -2.27. The highest BCUT2D eigenvalue weighted by Crippen LogP contribution is 2.26. The zero-order valence-corrected chi connectivity index (χ0v) is 20.6. The van der Waals surface area contributed by atoms with E-state index < -0.39 is 12.1 Å². The number of carboxylic acid groups (broad SMARTS) is 1. The predicted molar refractivity (Wildman–Crippen MR) is 127 cm³/mol. The Labute approximate surface area is 204 Å². The first-order valence-corrected chi connectivity index (χ1v) is 11.3. The van der Waals surface area contributed by atoms with Crippen LogP contribution in [0.5, 0.6) is 5.75 Å². The number of ether oxygens (including phenoxy) is 1. The fraction of sp³-hybridized carbons (Fsp3) is 0.542. The molecule has 11 heteroatoms. The minimum atomic E-state index is -5.08. The van der Waals surface area contributed by atoms with Crippen molar-refractivity contribution >= 4 is 5.97 Å². The molecule has 0 saturated carbocycles. The van der Waals surface area contributed by atoms with E-state index in [1.54, 1.807) is 7.11 Å². The molecule has 2 heterocycles. The largest absolute Gasteiger partial charge is 0.496 e. The zero-order chi connectivity index (χ0) is 26.0. The van der Waals surface area contributed by atoms with Gasteiger partial charge in [-0.1, -0.05) is 0 Å². The zero-order valence-electron chi connectivity index (χ0n) is 20.6. The van der Waals surface area contributed by atoms with Crippen LogP contribution in [0.25, 0.3) is 11.3 Å². The molecule has 1 aliphatic heterocycles. The van der Waals surface area contributed by atoms with Crippen LogP contribution in [0, 0.1) is 5.92 Å². The van der Waals surface area contributed by atoms with Crippen LogP contribution in [-0.2, 0) is 17.9 Å². The average molecular weight is 498 g/mol. The lowest BCUT2D eigenvalue weighted by Crippen LogP contribution is -2.34. The highest BCUT2D eigenvalue weighted by Gasteiger charge is 2.38. The van der Waals surface area contributed by atoms with Crippen molar-refractivity contribution in [3.05, 3.63) is 41.6 Å². The standard InChI is InChI=1S/C22H33N5O.C2HF3O2/c1-26(2)15-19-13-18(5-8-22(19)28-4)21-7-6-20(24-25-21)16-27(3)14-17-9-11-23-12-10-17;3-2(4,5)1(6)7/h5-8,13,17,23H,9-12,14-16H2,1-4H3;(H,6,7). The molecule has 0 bridgehead atoms. The number of nitrogens with zero attached hydrogens (tertiary/aromatic N) is 4. The number of rotatable bonds is 8. The first-order chi connectivity index (χ1) is 16.5. The maximum Gasteiger partial charge on any atom is 0.490 e. The Kier molecular flexibility index (Phi) is 10.9. The van der Waals surface area contributed by atoms with Gasteiger partial charge in [0.25, 0.3) is 0 Å². The van der Waals surface area contributed by atoms with Gasteiger partial charge in [-0.05, 0) is 83.3 Å². The normalized spacial score (nSPS) is 14.5. The molecule has 3 rings (SSSR count). The molecule has 0 aliphatic carbocycles. The summed E-state index contributed by atoms with van der Waals surface area (Å²) < 4.78 is 37.2. The Morgan fingerprint density at radius 3 is 2.29 bits per heavy atom. The Morgan fingerprint density at radius 1 is 1.11 bits per heavy atom. The summed E-state index contributed by atoms with van der Waals surface area (Å²) in [5, 5.41) is 19.5. The maximum absolute atomic E-state index is 10.6. The number of halogens is 3. The van der Waals surface area contributed by atoms with Gasteiger partial charge in [-0.3, -0.25) is 0 Å². The van der Waals surface area contributed by atoms with E-state index in [0.717, 1.165) is 66.9 Å². The van der Waals surface area contributed by atoms with Gasteiger partial charge >= 0.3 is 12.1 Å². The number of nitrogens with one attached hydrogen (secondary N) is 1. The van der Waals surface area contributed by atoms with Crippen molar-refractivity contribution in [2.45, 2.75) is 32.1 Å². The molecule has 1 fully saturated rings. The number of piperidine rings is 1. The number of aromatic nitrogens is 2. The Hall–Kier alpha value is -2.76. The molecule has 1 aromatic heterocycles. The molecule has 0 unspecified atom stereocenters. The topological polar surface area (TPSA) is 90.8 Å². The third kappa shape index (κ3) is 9.79. The molecular weight excluding hydrogens is 463 g/mol. The van der Waals surface area contributed by atoms with E-state index in [0.29, 0.717) is 0 Å². The SMILES string of the molecule is COc1ccc(-c2ccc(CN(C)CC3CCNCC3)nn2)cc1CN(C)C.O=C(O)C(F)(F)F. The number of hydrogen-bond donors (Lipinski definition) is 2. The number of methoxy groups -OCH3 is 1. The second-order valence-corrected chi connectivity index (χ2v) is 8.87. The maximum atomic E-state index is 10.6. The monoisotopic (exact) mass is 497 g/mol. The van der Waals surface area contributed by atoms with Gasteiger partial charge in [-0.15, -0.1) is 0 Å². The molecule has 0 amide bonds. The summed E-state index contributed by atoms with van der Waals surface area (Å²) in [5.74, 6) is -1.07. The highest BCUT2D eigenvalue weighted by molar-refractivity contribution is 5.73. The fourth-order valence-corrected chi connectivity index (χ4v) is 3.85. The summed E-state index contributed by atoms with van der Waals surface area (Å²) in [6.45, 7) is 5.07. The second kappa shape index (κ2) is 13.4. The van der Waals surface area contributed by atoms with Gasteiger partial charge in [0.05, 0.1) is 18.5 Å². The van der Waals surface area contributed by atoms with Crippen LogP contribution in [0.15, 0.2) is 30.3 Å². The van der Waals surface area contributed by atoms with Crippen LogP contribution in [0.4, 0.5) is 13.2 Å². The van der Waals surface area contributed by atoms with Gasteiger partial charge < -0.3 is 25.0 Å². The second-order valence-electron chi connectivity index (χ2n) is 8.87. The van der Waals surface area contributed by atoms with Gasteiger partial charge in [0.1, 0.15) is 5.75 Å². The molecule has 35 heavy (non-hydrogen) atoms. The minimum Gasteiger partial charge on any atom is -0.496 e. The number of hydrogen-bond acceptors (Lipinski definition) is 7. The number of carbonyl (C=O) groups is 1. The Morgan fingerprint density at radius 2 is 1.77 bits per heavy atom. The molecule has 1 aromatic carbocycles.